The topological polar surface area (TPSA) is 193 Å². The Morgan fingerprint density at radius 2 is 1.58 bits per heavy atom. The summed E-state index contributed by atoms with van der Waals surface area (Å²) in [6.07, 6.45) is -3.28. The summed E-state index contributed by atoms with van der Waals surface area (Å²) in [6.45, 7) is 2.69. The lowest BCUT2D eigenvalue weighted by Crippen LogP contribution is -2.48. The molecule has 1 aliphatic heterocycles. The molecule has 0 radical (unpaired) electrons. The number of carbonyl (C=O) groups excluding carboxylic acids is 3. The third kappa shape index (κ3) is 13.1. The highest BCUT2D eigenvalue weighted by Gasteiger charge is 2.29. The second-order valence-electron chi connectivity index (χ2n) is 15.2. The van der Waals surface area contributed by atoms with E-state index in [9.17, 15) is 37.8 Å². The number of rotatable bonds is 13. The fourth-order valence-corrected chi connectivity index (χ4v) is 6.77. The number of pyridine rings is 1. The molecule has 0 saturated carbocycles. The van der Waals surface area contributed by atoms with E-state index in [-0.39, 0.29) is 29.9 Å². The van der Waals surface area contributed by atoms with Gasteiger partial charge in [0.25, 0.3) is 0 Å². The lowest BCUT2D eigenvalue weighted by atomic mass is 9.99. The number of carboxylic acid groups (broad SMARTS) is 1. The van der Waals surface area contributed by atoms with Gasteiger partial charge in [0, 0.05) is 55.1 Å². The molecule has 1 aromatic heterocycles. The monoisotopic (exact) mass is 831 g/mol. The first kappa shape index (κ1) is 44.9. The number of aromatic hydroxyl groups is 1. The van der Waals surface area contributed by atoms with Gasteiger partial charge in [0.2, 0.25) is 11.5 Å². The van der Waals surface area contributed by atoms with Gasteiger partial charge in [-0.15, -0.1) is 0 Å². The van der Waals surface area contributed by atoms with Gasteiger partial charge in [-0.2, -0.15) is 13.2 Å². The van der Waals surface area contributed by atoms with Crippen molar-refractivity contribution in [3.63, 3.8) is 0 Å². The number of hydrogen-bond donors (Lipinski definition) is 6. The van der Waals surface area contributed by atoms with Crippen molar-refractivity contribution in [1.82, 2.24) is 10.3 Å². The molecule has 1 saturated heterocycles. The number of ether oxygens (including phenoxy) is 1. The number of carbonyl (C=O) groups is 3. The minimum Gasteiger partial charge on any atom is -0.542 e. The van der Waals surface area contributed by atoms with Crippen molar-refractivity contribution in [2.24, 2.45) is 0 Å². The largest absolute Gasteiger partial charge is 0.542 e. The average molecular weight is 832 g/mol. The number of phenolic OH excluding ortho intramolecular Hbond substituents is 1. The summed E-state index contributed by atoms with van der Waals surface area (Å²) < 4.78 is 38.3. The number of amides is 2. The summed E-state index contributed by atoms with van der Waals surface area (Å²) in [5, 5.41) is 39.5. The van der Waals surface area contributed by atoms with Crippen LogP contribution < -0.4 is 26.6 Å². The second-order valence-corrected chi connectivity index (χ2v) is 15.2. The molecule has 6 rings (SSSR count). The number of aromatic nitrogens is 1. The Labute approximate surface area is 344 Å². The molecule has 6 N–H and O–H groups in total. The fraction of sp³-hybridized carbons (Fsp3) is 0.318. The van der Waals surface area contributed by atoms with Gasteiger partial charge >= 0.3 is 12.3 Å². The number of H-pyrrole nitrogens is 1. The van der Waals surface area contributed by atoms with Crippen LogP contribution >= 0.6 is 0 Å². The highest BCUT2D eigenvalue weighted by atomic mass is 19.4. The lowest BCUT2D eigenvalue weighted by molar-refractivity contribution is -0.896. The molecule has 2 amide bonds. The first-order valence-corrected chi connectivity index (χ1v) is 19.4. The van der Waals surface area contributed by atoms with E-state index >= 15 is 0 Å². The van der Waals surface area contributed by atoms with Crippen LogP contribution in [0.5, 0.6) is 5.75 Å². The molecule has 1 fully saturated rings. The Bertz CT molecular complexity index is 2310. The van der Waals surface area contributed by atoms with Crippen molar-refractivity contribution in [1.29, 1.82) is 0 Å². The summed E-state index contributed by atoms with van der Waals surface area (Å²) in [6, 6.07) is 29.5. The Morgan fingerprint density at radius 1 is 0.917 bits per heavy atom. The summed E-state index contributed by atoms with van der Waals surface area (Å²) >= 11 is 0. The third-order valence-corrected chi connectivity index (χ3v) is 10.1. The van der Waals surface area contributed by atoms with Crippen molar-refractivity contribution in [2.75, 3.05) is 44.4 Å². The van der Waals surface area contributed by atoms with Crippen LogP contribution in [0.1, 0.15) is 48.5 Å². The number of halogens is 3. The standard InChI is InChI=1S/C42H47N5O6.C2HF3O2/c1-47(2)23-21-32(22-24-47)53-42(52)45-36-25-28(13-16-33(36)30-8-4-3-5-9-30)7-6-10-39(50)44-31-14-11-29(12-15-31)26-43-27-38(49)34-17-19-37(48)41-35(34)18-20-40(51)46-41;3-2(4,5)1(6)7/h3-5,8-9,11-20,25,32,38,43,49H,6-7,10,21-24,26-27H2,1-2H3,(H3-,44,45,46,48,50,51,52);(H,6,7)/t38-;/m0./s1. The number of aliphatic hydroxyl groups excluding tert-OH is 1. The van der Waals surface area contributed by atoms with Crippen molar-refractivity contribution in [2.45, 2.75) is 57.0 Å². The van der Waals surface area contributed by atoms with E-state index in [1.165, 1.54) is 12.1 Å². The maximum Gasteiger partial charge on any atom is 0.430 e. The predicted octanol–water partition coefficient (Wildman–Crippen LogP) is 5.77. The molecule has 1 aliphatic rings. The van der Waals surface area contributed by atoms with Gasteiger partial charge in [0.05, 0.1) is 44.5 Å². The Morgan fingerprint density at radius 3 is 2.25 bits per heavy atom. The number of fused-ring (bicyclic) bond motifs is 1. The second kappa shape index (κ2) is 20.2. The number of nitrogens with one attached hydrogen (secondary N) is 4. The lowest BCUT2D eigenvalue weighted by Gasteiger charge is -2.36. The predicted molar refractivity (Wildman–Crippen MR) is 219 cm³/mol. The highest BCUT2D eigenvalue weighted by Crippen LogP contribution is 2.31. The normalized spacial score (nSPS) is 14.4. The van der Waals surface area contributed by atoms with Gasteiger partial charge in [-0.1, -0.05) is 60.7 Å². The molecule has 0 aliphatic carbocycles. The zero-order chi connectivity index (χ0) is 43.5. The van der Waals surface area contributed by atoms with Gasteiger partial charge in [-0.05, 0) is 65.4 Å². The van der Waals surface area contributed by atoms with Gasteiger partial charge in [0.15, 0.2) is 0 Å². The smallest absolute Gasteiger partial charge is 0.430 e. The molecular weight excluding hydrogens is 784 g/mol. The van der Waals surface area contributed by atoms with Crippen LogP contribution in [0.15, 0.2) is 102 Å². The molecule has 13 nitrogen and oxygen atoms in total. The maximum absolute atomic E-state index is 13.0. The fourth-order valence-electron chi connectivity index (χ4n) is 6.77. The Hall–Kier alpha value is -6.23. The van der Waals surface area contributed by atoms with Crippen LogP contribution in [0.2, 0.25) is 0 Å². The number of hydrogen-bond acceptors (Lipinski definition) is 9. The van der Waals surface area contributed by atoms with Crippen molar-refractivity contribution >= 4 is 40.2 Å². The van der Waals surface area contributed by atoms with Crippen molar-refractivity contribution in [3.05, 3.63) is 124 Å². The number of carboxylic acids is 1. The van der Waals surface area contributed by atoms with Gasteiger partial charge in [-0.25, -0.2) is 4.79 Å². The van der Waals surface area contributed by atoms with E-state index in [4.69, 9.17) is 14.6 Å². The Balaban J connectivity index is 0.000000896. The van der Waals surface area contributed by atoms with Crippen LogP contribution in [0.3, 0.4) is 0 Å². The number of aryl methyl sites for hydroxylation is 1. The van der Waals surface area contributed by atoms with Crippen LogP contribution in [-0.2, 0) is 27.3 Å². The number of likely N-dealkylation sites (tertiary alicyclic amines) is 1. The summed E-state index contributed by atoms with van der Waals surface area (Å²) in [4.78, 5) is 48.9. The van der Waals surface area contributed by atoms with E-state index in [1.807, 2.05) is 72.8 Å². The van der Waals surface area contributed by atoms with Crippen LogP contribution in [-0.4, -0.2) is 83.7 Å². The summed E-state index contributed by atoms with van der Waals surface area (Å²) in [5.41, 5.74) is 5.83. The molecule has 1 atom stereocenters. The molecule has 2 heterocycles. The molecule has 5 aromatic rings. The summed E-state index contributed by atoms with van der Waals surface area (Å²) in [5.74, 6) is -3.14. The number of aliphatic carboxylic acids is 1. The minimum atomic E-state index is -5.19. The SMILES string of the molecule is C[N+]1(C)CCC(OC(=O)Nc2cc(CCCC(=O)Nc3ccc(CNC[C@H](O)c4ccc(O)c5[nH]c(=O)ccc45)cc3)ccc2-c2ccccc2)CC1.O=C([O-])C(F)(F)F. The quantitative estimate of drug-likeness (QED) is 0.0800. The number of quaternary nitrogens is 1. The number of aliphatic hydroxyl groups is 1. The molecule has 0 bridgehead atoms. The van der Waals surface area contributed by atoms with Crippen molar-refractivity contribution < 1.29 is 52.1 Å². The molecule has 16 heteroatoms. The molecule has 0 unspecified atom stereocenters. The van der Waals surface area contributed by atoms with E-state index in [1.54, 1.807) is 12.1 Å². The molecule has 0 spiro atoms. The van der Waals surface area contributed by atoms with Crippen LogP contribution in [0.4, 0.5) is 29.3 Å². The van der Waals surface area contributed by atoms with E-state index in [0.29, 0.717) is 53.6 Å². The van der Waals surface area contributed by atoms with Gasteiger partial charge in [-0.3, -0.25) is 14.9 Å². The van der Waals surface area contributed by atoms with E-state index in [2.05, 4.69) is 35.0 Å². The number of alkyl halides is 3. The maximum atomic E-state index is 13.0. The zero-order valence-electron chi connectivity index (χ0n) is 33.2. The van der Waals surface area contributed by atoms with Gasteiger partial charge < -0.3 is 45.0 Å². The van der Waals surface area contributed by atoms with Gasteiger partial charge in [0.1, 0.15) is 17.8 Å². The number of piperidine rings is 1. The number of phenols is 1. The van der Waals surface area contributed by atoms with Crippen LogP contribution in [0, 0.1) is 0 Å². The number of anilines is 2. The molecule has 60 heavy (non-hydrogen) atoms. The number of nitrogens with zero attached hydrogens (tertiary/aromatic N) is 1. The highest BCUT2D eigenvalue weighted by molar-refractivity contribution is 5.92. The third-order valence-electron chi connectivity index (χ3n) is 10.1. The average Bonchev–Trinajstić information content (AvgIpc) is 3.20. The first-order chi connectivity index (χ1) is 28.5. The van der Waals surface area contributed by atoms with Crippen molar-refractivity contribution in [3.8, 4) is 16.9 Å². The van der Waals surface area contributed by atoms with Crippen LogP contribution in [0.25, 0.3) is 22.0 Å². The minimum absolute atomic E-state index is 0.0529. The molecule has 318 valence electrons. The summed E-state index contributed by atoms with van der Waals surface area (Å²) in [7, 11) is 4.39. The number of aromatic amines is 1. The van der Waals surface area contributed by atoms with E-state index in [0.717, 1.165) is 52.7 Å². The number of benzene rings is 4. The first-order valence-electron chi connectivity index (χ1n) is 19.4. The Kier molecular flexibility index (Phi) is 15.1. The zero-order valence-corrected chi connectivity index (χ0v) is 33.2. The molecular formula is C44H48F3N5O8. The van der Waals surface area contributed by atoms with E-state index < -0.39 is 24.3 Å². The molecule has 4 aromatic carbocycles.